The van der Waals surface area contributed by atoms with Crippen molar-refractivity contribution in [3.05, 3.63) is 70.1 Å². The second kappa shape index (κ2) is 6.64. The van der Waals surface area contributed by atoms with Gasteiger partial charge in [0.15, 0.2) is 9.84 Å². The average molecular weight is 406 g/mol. The molecule has 6 heteroatoms. The predicted octanol–water partition coefficient (Wildman–Crippen LogP) is 5.29. The zero-order valence-electron chi connectivity index (χ0n) is 15.2. The van der Waals surface area contributed by atoms with Crippen LogP contribution in [0.1, 0.15) is 36.0 Å². The van der Waals surface area contributed by atoms with E-state index in [0.29, 0.717) is 27.9 Å². The molecule has 0 radical (unpaired) electrons. The van der Waals surface area contributed by atoms with Crippen molar-refractivity contribution in [1.29, 1.82) is 0 Å². The van der Waals surface area contributed by atoms with Gasteiger partial charge in [-0.1, -0.05) is 30.7 Å². The highest BCUT2D eigenvalue weighted by atomic mass is 35.5. The monoisotopic (exact) mass is 405 g/mol. The van der Waals surface area contributed by atoms with Crippen molar-refractivity contribution >= 4 is 32.3 Å². The van der Waals surface area contributed by atoms with Crippen LogP contribution in [0, 0.1) is 17.7 Å². The number of rotatable bonds is 5. The van der Waals surface area contributed by atoms with Gasteiger partial charge in [-0.05, 0) is 59.2 Å². The largest absolute Gasteiger partial charge is 0.361 e. The highest BCUT2D eigenvalue weighted by Gasteiger charge is 2.41. The van der Waals surface area contributed by atoms with Gasteiger partial charge >= 0.3 is 0 Å². The molecule has 0 aliphatic heterocycles. The predicted molar refractivity (Wildman–Crippen MR) is 107 cm³/mol. The number of halogens is 2. The first-order valence-electron chi connectivity index (χ1n) is 8.95. The smallest absolute Gasteiger partial charge is 0.151 e. The molecule has 1 aromatic heterocycles. The van der Waals surface area contributed by atoms with Crippen LogP contribution in [-0.2, 0) is 15.6 Å². The van der Waals surface area contributed by atoms with Gasteiger partial charge in [0.1, 0.15) is 5.82 Å². The van der Waals surface area contributed by atoms with Crippen molar-refractivity contribution in [2.45, 2.75) is 25.0 Å². The summed E-state index contributed by atoms with van der Waals surface area (Å²) in [6, 6.07) is 10.6. The van der Waals surface area contributed by atoms with Crippen LogP contribution in [0.25, 0.3) is 10.9 Å². The van der Waals surface area contributed by atoms with Crippen molar-refractivity contribution in [2.75, 3.05) is 6.26 Å². The molecule has 27 heavy (non-hydrogen) atoms. The zero-order chi connectivity index (χ0) is 19.3. The Kier molecular flexibility index (Phi) is 4.55. The molecule has 3 atom stereocenters. The van der Waals surface area contributed by atoms with Crippen LogP contribution < -0.4 is 0 Å². The van der Waals surface area contributed by atoms with Gasteiger partial charge in [0.2, 0.25) is 0 Å². The lowest BCUT2D eigenvalue weighted by atomic mass is 9.86. The molecule has 2 aromatic carbocycles. The van der Waals surface area contributed by atoms with Crippen LogP contribution in [0.3, 0.4) is 0 Å². The molecule has 4 rings (SSSR count). The van der Waals surface area contributed by atoms with E-state index in [0.717, 1.165) is 29.2 Å². The SMILES string of the molecule is CC1CC1C(c1ccc(Cl)cc1)c1c[nH]c2c(CS(C)(=O)=O)cc(F)cc12. The first-order chi connectivity index (χ1) is 12.7. The molecule has 3 aromatic rings. The normalized spacial score (nSPS) is 20.7. The minimum absolute atomic E-state index is 0.124. The van der Waals surface area contributed by atoms with E-state index in [9.17, 15) is 12.8 Å². The molecule has 1 aliphatic carbocycles. The van der Waals surface area contributed by atoms with Gasteiger partial charge in [0.25, 0.3) is 0 Å². The Bertz CT molecular complexity index is 1110. The summed E-state index contributed by atoms with van der Waals surface area (Å²) in [4.78, 5) is 3.21. The van der Waals surface area contributed by atoms with E-state index < -0.39 is 15.7 Å². The second-order valence-electron chi connectivity index (χ2n) is 7.71. The molecule has 3 nitrogen and oxygen atoms in total. The highest BCUT2D eigenvalue weighted by molar-refractivity contribution is 7.89. The van der Waals surface area contributed by atoms with Crippen LogP contribution in [-0.4, -0.2) is 19.7 Å². The molecule has 1 heterocycles. The number of hydrogen-bond donors (Lipinski definition) is 1. The average Bonchev–Trinajstić information content (AvgIpc) is 3.12. The Morgan fingerprint density at radius 3 is 2.52 bits per heavy atom. The quantitative estimate of drug-likeness (QED) is 0.626. The molecule has 0 spiro atoms. The molecular weight excluding hydrogens is 385 g/mol. The van der Waals surface area contributed by atoms with E-state index >= 15 is 0 Å². The summed E-state index contributed by atoms with van der Waals surface area (Å²) in [5, 5.41) is 1.44. The molecule has 0 bridgehead atoms. The molecular formula is C21H21ClFNO2S. The number of H-pyrrole nitrogens is 1. The molecule has 1 N–H and O–H groups in total. The van der Waals surface area contributed by atoms with E-state index in [2.05, 4.69) is 11.9 Å². The van der Waals surface area contributed by atoms with Crippen LogP contribution >= 0.6 is 11.6 Å². The van der Waals surface area contributed by atoms with E-state index in [1.54, 1.807) is 0 Å². The Balaban J connectivity index is 1.87. The van der Waals surface area contributed by atoms with Gasteiger partial charge in [-0.15, -0.1) is 0 Å². The molecule has 3 unspecified atom stereocenters. The van der Waals surface area contributed by atoms with Gasteiger partial charge < -0.3 is 4.98 Å². The van der Waals surface area contributed by atoms with E-state index in [1.165, 1.54) is 12.1 Å². The summed E-state index contributed by atoms with van der Waals surface area (Å²) < 4.78 is 37.8. The fourth-order valence-electron chi connectivity index (χ4n) is 4.09. The van der Waals surface area contributed by atoms with Crippen LogP contribution in [0.5, 0.6) is 0 Å². The zero-order valence-corrected chi connectivity index (χ0v) is 16.7. The summed E-state index contributed by atoms with van der Waals surface area (Å²) in [5.74, 6) is 0.596. The van der Waals surface area contributed by atoms with Gasteiger partial charge in [0, 0.05) is 28.8 Å². The van der Waals surface area contributed by atoms with Crippen LogP contribution in [0.2, 0.25) is 5.02 Å². The van der Waals surface area contributed by atoms with Crippen molar-refractivity contribution in [3.8, 4) is 0 Å². The van der Waals surface area contributed by atoms with Gasteiger partial charge in [-0.2, -0.15) is 0 Å². The lowest BCUT2D eigenvalue weighted by Gasteiger charge is -2.18. The number of fused-ring (bicyclic) bond motifs is 1. The van der Waals surface area contributed by atoms with Gasteiger partial charge in [-0.3, -0.25) is 0 Å². The van der Waals surface area contributed by atoms with E-state index in [4.69, 9.17) is 11.6 Å². The number of nitrogens with one attached hydrogen (secondary N) is 1. The first-order valence-corrected chi connectivity index (χ1v) is 11.4. The Morgan fingerprint density at radius 2 is 1.93 bits per heavy atom. The Morgan fingerprint density at radius 1 is 1.26 bits per heavy atom. The van der Waals surface area contributed by atoms with Crippen molar-refractivity contribution < 1.29 is 12.8 Å². The fourth-order valence-corrected chi connectivity index (χ4v) is 5.00. The Hall–Kier alpha value is -1.85. The van der Waals surface area contributed by atoms with E-state index in [-0.39, 0.29) is 11.7 Å². The summed E-state index contributed by atoms with van der Waals surface area (Å²) in [6.45, 7) is 2.22. The van der Waals surface area contributed by atoms with E-state index in [1.807, 2.05) is 30.5 Å². The summed E-state index contributed by atoms with van der Waals surface area (Å²) in [6.07, 6.45) is 4.18. The first kappa shape index (κ1) is 18.5. The maximum Gasteiger partial charge on any atom is 0.151 e. The molecule has 1 fully saturated rings. The minimum atomic E-state index is -3.27. The van der Waals surface area contributed by atoms with Crippen molar-refractivity contribution in [3.63, 3.8) is 0 Å². The number of benzene rings is 2. The minimum Gasteiger partial charge on any atom is -0.361 e. The van der Waals surface area contributed by atoms with Gasteiger partial charge in [-0.25, -0.2) is 12.8 Å². The maximum absolute atomic E-state index is 14.3. The third-order valence-electron chi connectivity index (χ3n) is 5.45. The number of aromatic amines is 1. The summed E-state index contributed by atoms with van der Waals surface area (Å²) >= 11 is 6.05. The summed E-state index contributed by atoms with van der Waals surface area (Å²) in [7, 11) is -3.27. The topological polar surface area (TPSA) is 49.9 Å². The fraction of sp³-hybridized carbons (Fsp3) is 0.333. The second-order valence-corrected chi connectivity index (χ2v) is 10.3. The number of aromatic nitrogens is 1. The van der Waals surface area contributed by atoms with Crippen LogP contribution in [0.15, 0.2) is 42.6 Å². The molecule has 142 valence electrons. The lowest BCUT2D eigenvalue weighted by Crippen LogP contribution is -2.05. The number of hydrogen-bond acceptors (Lipinski definition) is 2. The lowest BCUT2D eigenvalue weighted by molar-refractivity contribution is 0.600. The third-order valence-corrected chi connectivity index (χ3v) is 6.54. The third kappa shape index (κ3) is 3.76. The maximum atomic E-state index is 14.3. The standard InChI is InChI=1S/C21H21ClFNO2S/c1-12-7-17(12)20(13-3-5-15(22)6-4-13)19-10-24-21-14(11-27(2,25)26)8-16(23)9-18(19)21/h3-6,8-10,12,17,20,24H,7,11H2,1-2H3. The van der Waals surface area contributed by atoms with Crippen molar-refractivity contribution in [2.24, 2.45) is 11.8 Å². The molecule has 0 amide bonds. The molecule has 0 saturated heterocycles. The Labute approximate surface area is 163 Å². The van der Waals surface area contributed by atoms with Crippen LogP contribution in [0.4, 0.5) is 4.39 Å². The van der Waals surface area contributed by atoms with Crippen molar-refractivity contribution in [1.82, 2.24) is 4.98 Å². The highest BCUT2D eigenvalue weighted by Crippen LogP contribution is 2.52. The molecule has 1 aliphatic rings. The summed E-state index contributed by atoms with van der Waals surface area (Å²) in [5.41, 5.74) is 3.32. The molecule has 1 saturated carbocycles. The number of sulfone groups is 1. The van der Waals surface area contributed by atoms with Gasteiger partial charge in [0.05, 0.1) is 11.3 Å².